The van der Waals surface area contributed by atoms with Crippen LogP contribution in [0.15, 0.2) is 73.6 Å². The fourth-order valence-electron chi connectivity index (χ4n) is 8.98. The standard InChI is InChI=1S/C25H30N4O5.C21H31BO6.C10H11ClN4O/c1-25(2,3)34-21(30)13-18(24(31)32-4)16-8-10-17(11-9-16)22-19-14-28-29(23(19)27-15-26-22)20-7-5-6-12-33-20;1-19(2,3)26-17(23)13-16(18(24)25-8)14-9-11-15(12-10-14)22-27-20(4,5)21(6,7)28-22;11-9-7-5-14-15(10(7)13-6-12-9)8-3-1-2-4-16-8/h8-11,14-15,18,20H,5-7,12-13H2,1-4H3;9-12,16H,13H2,1-8H3;5-6,8H,1-4H2. The average Bonchev–Trinajstić information content (AvgIpc) is 4.12. The summed E-state index contributed by atoms with van der Waals surface area (Å²) in [6.45, 7) is 20.2. The number of rotatable bonds is 12. The molecular formula is C56H72BClN8O12. The van der Waals surface area contributed by atoms with Crippen molar-refractivity contribution in [2.24, 2.45) is 0 Å². The number of hydrogen-bond donors (Lipinski definition) is 0. The Balaban J connectivity index is 0.000000180. The molecule has 9 rings (SSSR count). The summed E-state index contributed by atoms with van der Waals surface area (Å²) in [6.07, 6.45) is 12.4. The lowest BCUT2D eigenvalue weighted by Crippen LogP contribution is -2.41. The molecule has 4 atom stereocenters. The third-order valence-corrected chi connectivity index (χ3v) is 13.9. The second-order valence-electron chi connectivity index (χ2n) is 22.3. The molecule has 0 amide bonds. The van der Waals surface area contributed by atoms with Crippen LogP contribution in [0.5, 0.6) is 0 Å². The van der Waals surface area contributed by atoms with Gasteiger partial charge in [0.2, 0.25) is 0 Å². The predicted octanol–water partition coefficient (Wildman–Crippen LogP) is 9.33. The fourth-order valence-corrected chi connectivity index (χ4v) is 9.15. The van der Waals surface area contributed by atoms with Crippen molar-refractivity contribution in [3.8, 4) is 11.3 Å². The number of aromatic nitrogens is 8. The molecule has 0 aliphatic carbocycles. The van der Waals surface area contributed by atoms with E-state index in [1.54, 1.807) is 70.8 Å². The maximum Gasteiger partial charge on any atom is 0.494 e. The minimum absolute atomic E-state index is 0.0165. The number of benzene rings is 2. The lowest BCUT2D eigenvalue weighted by atomic mass is 9.78. The monoisotopic (exact) mass is 1090 g/mol. The van der Waals surface area contributed by atoms with Crippen LogP contribution in [-0.2, 0) is 56.9 Å². The second kappa shape index (κ2) is 25.2. The van der Waals surface area contributed by atoms with Crippen molar-refractivity contribution in [2.75, 3.05) is 27.4 Å². The van der Waals surface area contributed by atoms with Gasteiger partial charge in [0.25, 0.3) is 0 Å². The highest BCUT2D eigenvalue weighted by molar-refractivity contribution is 6.62. The highest BCUT2D eigenvalue weighted by atomic mass is 35.5. The molecule has 0 radical (unpaired) electrons. The molecule has 22 heteroatoms. The van der Waals surface area contributed by atoms with Crippen LogP contribution in [0.2, 0.25) is 5.15 Å². The maximum absolute atomic E-state index is 12.4. The molecule has 4 unspecified atom stereocenters. The van der Waals surface area contributed by atoms with Crippen molar-refractivity contribution in [1.29, 1.82) is 0 Å². The zero-order valence-electron chi connectivity index (χ0n) is 46.7. The minimum atomic E-state index is -0.759. The van der Waals surface area contributed by atoms with E-state index in [1.807, 2.05) is 68.8 Å². The van der Waals surface area contributed by atoms with E-state index in [4.69, 9.17) is 49.3 Å². The summed E-state index contributed by atoms with van der Waals surface area (Å²) in [6, 6.07) is 14.7. The Morgan fingerprint density at radius 1 is 0.641 bits per heavy atom. The van der Waals surface area contributed by atoms with Crippen molar-refractivity contribution in [2.45, 2.75) is 167 Å². The number of ether oxygens (including phenoxy) is 6. The molecule has 20 nitrogen and oxygen atoms in total. The lowest BCUT2D eigenvalue weighted by Gasteiger charge is -2.32. The van der Waals surface area contributed by atoms with Gasteiger partial charge in [-0.25, -0.2) is 29.3 Å². The van der Waals surface area contributed by atoms with Gasteiger partial charge >= 0.3 is 31.0 Å². The number of methoxy groups -OCH3 is 2. The molecule has 0 spiro atoms. The first-order chi connectivity index (χ1) is 36.9. The van der Waals surface area contributed by atoms with Gasteiger partial charge in [0, 0.05) is 18.8 Å². The Morgan fingerprint density at radius 3 is 1.51 bits per heavy atom. The van der Waals surface area contributed by atoms with Gasteiger partial charge in [0.1, 0.15) is 29.0 Å². The third-order valence-electron chi connectivity index (χ3n) is 13.6. The molecule has 0 saturated carbocycles. The summed E-state index contributed by atoms with van der Waals surface area (Å²) in [5, 5.41) is 10.8. The highest BCUT2D eigenvalue weighted by Crippen LogP contribution is 2.37. The van der Waals surface area contributed by atoms with Crippen molar-refractivity contribution in [1.82, 2.24) is 39.5 Å². The van der Waals surface area contributed by atoms with Crippen LogP contribution >= 0.6 is 11.6 Å². The Hall–Kier alpha value is -6.39. The number of esters is 4. The number of carbonyl (C=O) groups excluding carboxylic acids is 4. The van der Waals surface area contributed by atoms with Crippen LogP contribution in [0.4, 0.5) is 0 Å². The summed E-state index contributed by atoms with van der Waals surface area (Å²) < 4.78 is 47.8. The normalized spacial score (nSPS) is 18.9. The summed E-state index contributed by atoms with van der Waals surface area (Å²) >= 11 is 5.96. The molecule has 418 valence electrons. The molecule has 78 heavy (non-hydrogen) atoms. The van der Waals surface area contributed by atoms with Crippen molar-refractivity contribution >= 4 is 70.1 Å². The van der Waals surface area contributed by atoms with E-state index in [2.05, 4.69) is 30.1 Å². The average molecular weight is 1100 g/mol. The number of carbonyl (C=O) groups is 4. The quantitative estimate of drug-likeness (QED) is 0.0481. The molecule has 6 aromatic rings. The Morgan fingerprint density at radius 2 is 1.08 bits per heavy atom. The van der Waals surface area contributed by atoms with E-state index in [-0.39, 0.29) is 25.3 Å². The smallest absolute Gasteiger partial charge is 0.469 e. The summed E-state index contributed by atoms with van der Waals surface area (Å²) in [7, 11) is 2.13. The van der Waals surface area contributed by atoms with Crippen molar-refractivity contribution in [3.63, 3.8) is 0 Å². The van der Waals surface area contributed by atoms with Crippen LogP contribution in [-0.4, -0.2) is 120 Å². The van der Waals surface area contributed by atoms with E-state index < -0.39 is 65.2 Å². The Kier molecular flexibility index (Phi) is 19.1. The second-order valence-corrected chi connectivity index (χ2v) is 22.6. The predicted molar refractivity (Wildman–Crippen MR) is 291 cm³/mol. The summed E-state index contributed by atoms with van der Waals surface area (Å²) in [5.74, 6) is -3.36. The van der Waals surface area contributed by atoms with Gasteiger partial charge in [0.15, 0.2) is 23.8 Å². The topological polar surface area (TPSA) is 229 Å². The van der Waals surface area contributed by atoms with E-state index in [1.165, 1.54) is 26.9 Å². The van der Waals surface area contributed by atoms with E-state index in [0.29, 0.717) is 16.3 Å². The molecule has 3 aliphatic heterocycles. The van der Waals surface area contributed by atoms with E-state index >= 15 is 0 Å². The van der Waals surface area contributed by atoms with Crippen molar-refractivity contribution < 1.29 is 56.9 Å². The Bertz CT molecular complexity index is 3000. The fraction of sp³-hybridized carbons (Fsp3) is 0.536. The number of nitrogens with zero attached hydrogens (tertiary/aromatic N) is 8. The van der Waals surface area contributed by atoms with Crippen molar-refractivity contribution in [3.05, 3.63) is 89.9 Å². The van der Waals surface area contributed by atoms with Gasteiger partial charge < -0.3 is 37.7 Å². The number of halogens is 1. The van der Waals surface area contributed by atoms with E-state index in [0.717, 1.165) is 90.5 Å². The van der Waals surface area contributed by atoms with Gasteiger partial charge in [-0.2, -0.15) is 10.2 Å². The van der Waals surface area contributed by atoms with Crippen LogP contribution in [0.3, 0.4) is 0 Å². The van der Waals surface area contributed by atoms with Gasteiger partial charge in [-0.3, -0.25) is 19.2 Å². The number of hydrogen-bond acceptors (Lipinski definition) is 18. The van der Waals surface area contributed by atoms with Gasteiger partial charge in [-0.1, -0.05) is 60.1 Å². The summed E-state index contributed by atoms with van der Waals surface area (Å²) in [5.41, 5.74) is 3.14. The number of fused-ring (bicyclic) bond motifs is 2. The van der Waals surface area contributed by atoms with E-state index in [9.17, 15) is 19.2 Å². The zero-order chi connectivity index (χ0) is 56.6. The van der Waals surface area contributed by atoms with Gasteiger partial charge in [0.05, 0.1) is 79.0 Å². The first-order valence-corrected chi connectivity index (χ1v) is 26.7. The van der Waals surface area contributed by atoms with Gasteiger partial charge in [-0.05, 0) is 124 Å². The van der Waals surface area contributed by atoms with Gasteiger partial charge in [-0.15, -0.1) is 0 Å². The first-order valence-electron chi connectivity index (χ1n) is 26.3. The third kappa shape index (κ3) is 14.8. The highest BCUT2D eigenvalue weighted by Gasteiger charge is 2.51. The molecule has 7 heterocycles. The SMILES string of the molecule is COC(=O)C(CC(=O)OC(C)(C)C)c1ccc(-c2ncnc3c2cnn3C2CCCCO2)cc1.COC(=O)C(CC(=O)OC(C)(C)C)c1ccc(B2OC(C)(C)C(C)(C)O2)cc1.Clc1ncnc2c1cnn2C1CCCCO1. The van der Waals surface area contributed by atoms with Crippen LogP contribution in [0, 0.1) is 0 Å². The van der Waals surface area contributed by atoms with Crippen LogP contribution < -0.4 is 5.46 Å². The summed E-state index contributed by atoms with van der Waals surface area (Å²) in [4.78, 5) is 66.3. The molecule has 3 aliphatic rings. The molecule has 0 bridgehead atoms. The zero-order valence-corrected chi connectivity index (χ0v) is 47.5. The minimum Gasteiger partial charge on any atom is -0.469 e. The van der Waals surface area contributed by atoms with Crippen LogP contribution in [0.1, 0.15) is 156 Å². The van der Waals surface area contributed by atoms with Crippen LogP contribution in [0.25, 0.3) is 33.3 Å². The Labute approximate surface area is 460 Å². The molecule has 2 aromatic carbocycles. The molecular weight excluding hydrogens is 1020 g/mol. The first kappa shape index (κ1) is 59.3. The largest absolute Gasteiger partial charge is 0.494 e. The molecule has 3 fully saturated rings. The molecule has 3 saturated heterocycles. The maximum atomic E-state index is 12.4. The lowest BCUT2D eigenvalue weighted by molar-refractivity contribution is -0.159. The molecule has 4 aromatic heterocycles. The molecule has 0 N–H and O–H groups in total.